The van der Waals surface area contributed by atoms with Crippen LogP contribution in [0.25, 0.3) is 0 Å². The van der Waals surface area contributed by atoms with Crippen LogP contribution in [-0.2, 0) is 6.42 Å². The number of carbonyl (C=O) groups is 1. The van der Waals surface area contributed by atoms with Gasteiger partial charge in [0.2, 0.25) is 0 Å². The van der Waals surface area contributed by atoms with E-state index in [1.54, 1.807) is 28.4 Å². The number of amides is 2. The van der Waals surface area contributed by atoms with Crippen molar-refractivity contribution in [3.63, 3.8) is 0 Å². The van der Waals surface area contributed by atoms with Gasteiger partial charge < -0.3 is 29.2 Å². The largest absolute Gasteiger partial charge is 0.497 e. The highest BCUT2D eigenvalue weighted by Gasteiger charge is 2.32. The molecule has 0 radical (unpaired) electrons. The van der Waals surface area contributed by atoms with E-state index < -0.39 is 0 Å². The third-order valence-electron chi connectivity index (χ3n) is 5.47. The predicted molar refractivity (Wildman–Crippen MR) is 115 cm³/mol. The molecule has 1 atom stereocenters. The van der Waals surface area contributed by atoms with Gasteiger partial charge in [0.25, 0.3) is 0 Å². The molecule has 1 fully saturated rings. The van der Waals surface area contributed by atoms with Gasteiger partial charge in [-0.2, -0.15) is 0 Å². The van der Waals surface area contributed by atoms with Crippen LogP contribution < -0.4 is 24.3 Å². The molecular weight excluding hydrogens is 384 g/mol. The van der Waals surface area contributed by atoms with Gasteiger partial charge in [-0.05, 0) is 55.2 Å². The van der Waals surface area contributed by atoms with E-state index in [1.165, 1.54) is 0 Å². The Morgan fingerprint density at radius 2 is 1.67 bits per heavy atom. The molecule has 0 spiro atoms. The van der Waals surface area contributed by atoms with Crippen molar-refractivity contribution in [2.45, 2.75) is 25.3 Å². The average molecular weight is 415 g/mol. The summed E-state index contributed by atoms with van der Waals surface area (Å²) < 4.78 is 21.5. The van der Waals surface area contributed by atoms with Crippen molar-refractivity contribution in [3.8, 4) is 23.0 Å². The minimum Gasteiger partial charge on any atom is -0.497 e. The van der Waals surface area contributed by atoms with E-state index in [4.69, 9.17) is 18.9 Å². The summed E-state index contributed by atoms with van der Waals surface area (Å²) in [4.78, 5) is 14.8. The third-order valence-corrected chi connectivity index (χ3v) is 5.47. The number of hydrogen-bond acceptors (Lipinski definition) is 5. The molecule has 2 aromatic rings. The first-order valence-corrected chi connectivity index (χ1v) is 10.1. The second kappa shape index (κ2) is 10.1. The molecule has 162 valence electrons. The Kier molecular flexibility index (Phi) is 7.27. The van der Waals surface area contributed by atoms with Crippen LogP contribution in [0.4, 0.5) is 4.79 Å². The Morgan fingerprint density at radius 3 is 2.37 bits per heavy atom. The van der Waals surface area contributed by atoms with Gasteiger partial charge in [-0.1, -0.05) is 0 Å². The Hall–Kier alpha value is -3.09. The average Bonchev–Trinajstić information content (AvgIpc) is 3.28. The fourth-order valence-electron chi connectivity index (χ4n) is 3.91. The Morgan fingerprint density at radius 1 is 0.967 bits per heavy atom. The van der Waals surface area contributed by atoms with Gasteiger partial charge in [0.05, 0.1) is 34.5 Å². The first kappa shape index (κ1) is 21.6. The number of benzene rings is 2. The SMILES string of the molecule is COc1ccc(OC)c(CCNC(=O)N2CCCC2c2ccc(OC)cc2OC)c1. The lowest BCUT2D eigenvalue weighted by Crippen LogP contribution is -2.40. The van der Waals surface area contributed by atoms with Crippen molar-refractivity contribution in [2.24, 2.45) is 0 Å². The number of nitrogens with zero attached hydrogens (tertiary/aromatic N) is 1. The summed E-state index contributed by atoms with van der Waals surface area (Å²) in [6.07, 6.45) is 2.51. The normalized spacial score (nSPS) is 15.6. The van der Waals surface area contributed by atoms with Crippen LogP contribution in [-0.4, -0.2) is 52.5 Å². The van der Waals surface area contributed by atoms with Crippen LogP contribution in [0, 0.1) is 0 Å². The molecule has 0 saturated carbocycles. The molecule has 0 aliphatic carbocycles. The van der Waals surface area contributed by atoms with Crippen LogP contribution in [0.3, 0.4) is 0 Å². The maximum absolute atomic E-state index is 12.9. The molecule has 3 rings (SSSR count). The second-order valence-corrected chi connectivity index (χ2v) is 7.12. The number of methoxy groups -OCH3 is 4. The third kappa shape index (κ3) is 4.72. The molecule has 1 heterocycles. The zero-order valence-corrected chi connectivity index (χ0v) is 18.1. The zero-order chi connectivity index (χ0) is 21.5. The number of ether oxygens (including phenoxy) is 4. The van der Waals surface area contributed by atoms with Gasteiger partial charge in [0.15, 0.2) is 0 Å². The van der Waals surface area contributed by atoms with Crippen LogP contribution in [0.15, 0.2) is 36.4 Å². The molecule has 2 amide bonds. The van der Waals surface area contributed by atoms with Gasteiger partial charge in [-0.15, -0.1) is 0 Å². The molecule has 7 heteroatoms. The number of urea groups is 1. The van der Waals surface area contributed by atoms with Crippen molar-refractivity contribution in [1.82, 2.24) is 10.2 Å². The summed E-state index contributed by atoms with van der Waals surface area (Å²) in [5, 5.41) is 3.05. The second-order valence-electron chi connectivity index (χ2n) is 7.12. The number of nitrogens with one attached hydrogen (secondary N) is 1. The van der Waals surface area contributed by atoms with E-state index >= 15 is 0 Å². The van der Waals surface area contributed by atoms with Crippen molar-refractivity contribution < 1.29 is 23.7 Å². The molecule has 1 aliphatic rings. The van der Waals surface area contributed by atoms with E-state index in [0.717, 1.165) is 47.0 Å². The summed E-state index contributed by atoms with van der Waals surface area (Å²) in [5.74, 6) is 3.02. The first-order chi connectivity index (χ1) is 14.6. The van der Waals surface area contributed by atoms with Gasteiger partial charge in [-0.25, -0.2) is 4.79 Å². The number of rotatable bonds is 8. The molecule has 1 saturated heterocycles. The highest BCUT2D eigenvalue weighted by molar-refractivity contribution is 5.75. The summed E-state index contributed by atoms with van der Waals surface area (Å²) in [6, 6.07) is 11.3. The number of carbonyl (C=O) groups excluding carboxylic acids is 1. The molecule has 7 nitrogen and oxygen atoms in total. The van der Waals surface area contributed by atoms with Gasteiger partial charge in [0.1, 0.15) is 23.0 Å². The van der Waals surface area contributed by atoms with E-state index in [-0.39, 0.29) is 12.1 Å². The fraction of sp³-hybridized carbons (Fsp3) is 0.435. The van der Waals surface area contributed by atoms with Crippen molar-refractivity contribution in [3.05, 3.63) is 47.5 Å². The molecule has 1 aliphatic heterocycles. The quantitative estimate of drug-likeness (QED) is 0.711. The summed E-state index contributed by atoms with van der Waals surface area (Å²) in [7, 11) is 6.54. The van der Waals surface area contributed by atoms with Crippen molar-refractivity contribution in [2.75, 3.05) is 41.5 Å². The summed E-state index contributed by atoms with van der Waals surface area (Å²) >= 11 is 0. The Bertz CT molecular complexity index is 871. The van der Waals surface area contributed by atoms with Crippen LogP contribution in [0.2, 0.25) is 0 Å². The molecular formula is C23H30N2O5. The molecule has 1 unspecified atom stereocenters. The molecule has 2 aromatic carbocycles. The lowest BCUT2D eigenvalue weighted by molar-refractivity contribution is 0.192. The van der Waals surface area contributed by atoms with E-state index in [9.17, 15) is 4.79 Å². The molecule has 1 N–H and O–H groups in total. The minimum absolute atomic E-state index is 0.0165. The fourth-order valence-corrected chi connectivity index (χ4v) is 3.91. The van der Waals surface area contributed by atoms with Gasteiger partial charge in [-0.3, -0.25) is 0 Å². The van der Waals surface area contributed by atoms with Crippen molar-refractivity contribution >= 4 is 6.03 Å². The van der Waals surface area contributed by atoms with E-state index in [0.29, 0.717) is 19.5 Å². The van der Waals surface area contributed by atoms with Gasteiger partial charge in [0, 0.05) is 24.7 Å². The lowest BCUT2D eigenvalue weighted by atomic mass is 10.0. The summed E-state index contributed by atoms with van der Waals surface area (Å²) in [5.41, 5.74) is 1.99. The van der Waals surface area contributed by atoms with Gasteiger partial charge >= 0.3 is 6.03 Å². The number of hydrogen-bond donors (Lipinski definition) is 1. The topological polar surface area (TPSA) is 69.3 Å². The van der Waals surface area contributed by atoms with Crippen LogP contribution in [0.5, 0.6) is 23.0 Å². The highest BCUT2D eigenvalue weighted by atomic mass is 16.5. The predicted octanol–water partition coefficient (Wildman–Crippen LogP) is 3.81. The first-order valence-electron chi connectivity index (χ1n) is 10.1. The number of likely N-dealkylation sites (tertiary alicyclic amines) is 1. The molecule has 30 heavy (non-hydrogen) atoms. The molecule has 0 bridgehead atoms. The Labute approximate surface area is 177 Å². The van der Waals surface area contributed by atoms with Crippen LogP contribution >= 0.6 is 0 Å². The Balaban J connectivity index is 1.66. The van der Waals surface area contributed by atoms with Crippen LogP contribution in [0.1, 0.15) is 30.0 Å². The lowest BCUT2D eigenvalue weighted by Gasteiger charge is -2.27. The van der Waals surface area contributed by atoms with E-state index in [2.05, 4.69) is 5.32 Å². The zero-order valence-electron chi connectivity index (χ0n) is 18.1. The maximum atomic E-state index is 12.9. The van der Waals surface area contributed by atoms with E-state index in [1.807, 2.05) is 41.3 Å². The standard InChI is InChI=1S/C23H30N2O5/c1-27-17-8-10-21(29-3)16(14-17)11-12-24-23(26)25-13-5-6-20(25)19-9-7-18(28-2)15-22(19)30-4/h7-10,14-15,20H,5-6,11-13H2,1-4H3,(H,24,26). The molecule has 0 aromatic heterocycles. The minimum atomic E-state index is -0.0720. The smallest absolute Gasteiger partial charge is 0.317 e. The maximum Gasteiger partial charge on any atom is 0.317 e. The summed E-state index contributed by atoms with van der Waals surface area (Å²) in [6.45, 7) is 1.22. The highest BCUT2D eigenvalue weighted by Crippen LogP contribution is 2.38. The monoisotopic (exact) mass is 414 g/mol. The van der Waals surface area contributed by atoms with Crippen molar-refractivity contribution in [1.29, 1.82) is 0 Å².